The van der Waals surface area contributed by atoms with Crippen LogP contribution in [0, 0.1) is 23.3 Å². The number of hydrogen-bond acceptors (Lipinski definition) is 2. The summed E-state index contributed by atoms with van der Waals surface area (Å²) in [5.41, 5.74) is -0.122. The van der Waals surface area contributed by atoms with Gasteiger partial charge in [0.05, 0.1) is 10.9 Å². The Morgan fingerprint density at radius 1 is 0.689 bits per heavy atom. The van der Waals surface area contributed by atoms with Crippen LogP contribution in [0.15, 0.2) is 129 Å². The molecule has 0 aliphatic heterocycles. The maximum absolute atomic E-state index is 15.0. The highest BCUT2D eigenvalue weighted by Gasteiger charge is 2.39. The van der Waals surface area contributed by atoms with Gasteiger partial charge in [0, 0.05) is 11.0 Å². The van der Waals surface area contributed by atoms with Crippen LogP contribution in [0.5, 0.6) is 0 Å². The van der Waals surface area contributed by atoms with Gasteiger partial charge in [0.2, 0.25) is 0 Å². The molecule has 0 heterocycles. The lowest BCUT2D eigenvalue weighted by atomic mass is 9.76. The Hall–Kier alpha value is -3.92. The van der Waals surface area contributed by atoms with E-state index in [1.54, 1.807) is 24.3 Å². The van der Waals surface area contributed by atoms with Gasteiger partial charge in [-0.3, -0.25) is 4.55 Å². The highest BCUT2D eigenvalue weighted by atomic mass is 32.2. The van der Waals surface area contributed by atoms with E-state index in [4.69, 9.17) is 4.55 Å². The third-order valence-corrected chi connectivity index (χ3v) is 11.0. The van der Waals surface area contributed by atoms with Crippen LogP contribution in [-0.4, -0.2) is 13.0 Å². The van der Waals surface area contributed by atoms with Crippen LogP contribution in [0.25, 0.3) is 0 Å². The summed E-state index contributed by atoms with van der Waals surface area (Å²) in [6.07, 6.45) is 0.716. The smallest absolute Gasteiger partial charge is 0.282 e. The van der Waals surface area contributed by atoms with Crippen molar-refractivity contribution >= 4 is 21.0 Å². The van der Waals surface area contributed by atoms with Crippen molar-refractivity contribution in [1.29, 1.82) is 0 Å². The molecule has 1 N–H and O–H groups in total. The zero-order chi connectivity index (χ0) is 32.5. The van der Waals surface area contributed by atoms with Crippen molar-refractivity contribution < 1.29 is 30.5 Å². The predicted octanol–water partition coefficient (Wildman–Crippen LogP) is 9.26. The Labute approximate surface area is 263 Å². The fourth-order valence-electron chi connectivity index (χ4n) is 5.55. The molecule has 0 saturated carbocycles. The average molecular weight is 652 g/mol. The molecule has 0 fully saturated rings. The molecule has 1 unspecified atom stereocenters. The number of hydrogen-bond donors (Lipinski definition) is 1. The van der Waals surface area contributed by atoms with Gasteiger partial charge in [-0.25, -0.2) is 17.6 Å². The lowest BCUT2D eigenvalue weighted by Gasteiger charge is -2.28. The molecule has 0 aliphatic carbocycles. The van der Waals surface area contributed by atoms with E-state index < -0.39 is 49.3 Å². The second kappa shape index (κ2) is 12.8. The van der Waals surface area contributed by atoms with Gasteiger partial charge in [0.1, 0.15) is 0 Å². The second-order valence-corrected chi connectivity index (χ2v) is 14.8. The summed E-state index contributed by atoms with van der Waals surface area (Å²) in [4.78, 5) is 1.57. The van der Waals surface area contributed by atoms with Gasteiger partial charge in [-0.1, -0.05) is 93.6 Å². The summed E-state index contributed by atoms with van der Waals surface area (Å²) in [6, 6.07) is 36.1. The van der Waals surface area contributed by atoms with Gasteiger partial charge in [-0.05, 0) is 65.4 Å². The van der Waals surface area contributed by atoms with E-state index in [0.717, 1.165) is 11.1 Å². The maximum Gasteiger partial charge on any atom is 0.300 e. The van der Waals surface area contributed by atoms with Crippen LogP contribution >= 0.6 is 0 Å². The monoisotopic (exact) mass is 651 g/mol. The summed E-state index contributed by atoms with van der Waals surface area (Å²) < 4.78 is 91.0. The molecule has 0 spiro atoms. The first-order valence-electron chi connectivity index (χ1n) is 14.2. The molecule has 9 heteroatoms. The van der Waals surface area contributed by atoms with Crippen molar-refractivity contribution in [1.82, 2.24) is 0 Å². The third-order valence-electron chi connectivity index (χ3n) is 7.94. The number of rotatable bonds is 9. The second-order valence-electron chi connectivity index (χ2n) is 11.4. The molecule has 5 aromatic rings. The highest BCUT2D eigenvalue weighted by Crippen LogP contribution is 2.39. The first kappa shape index (κ1) is 32.5. The molecule has 0 aliphatic rings. The number of halogens is 4. The molecule has 0 amide bonds. The summed E-state index contributed by atoms with van der Waals surface area (Å²) in [7, 11) is -5.83. The lowest BCUT2D eigenvalue weighted by Crippen LogP contribution is -2.26. The molecule has 0 saturated heterocycles. The molecule has 0 radical (unpaired) electrons. The van der Waals surface area contributed by atoms with Crippen molar-refractivity contribution in [2.75, 3.05) is 0 Å². The maximum atomic E-state index is 15.0. The molecule has 5 rings (SSSR count). The molecule has 5 aromatic carbocycles. The van der Waals surface area contributed by atoms with Gasteiger partial charge in [0.15, 0.2) is 42.9 Å². The highest BCUT2D eigenvalue weighted by molar-refractivity contribution is 7.97. The van der Waals surface area contributed by atoms with Gasteiger partial charge in [-0.2, -0.15) is 8.42 Å². The molecular weight excluding hydrogens is 621 g/mol. The molecular formula is C36H31F4O3S2+. The molecule has 1 atom stereocenters. The van der Waals surface area contributed by atoms with E-state index >= 15 is 8.78 Å². The quantitative estimate of drug-likeness (QED) is 0.0748. The van der Waals surface area contributed by atoms with Crippen LogP contribution in [0.3, 0.4) is 0 Å². The summed E-state index contributed by atoms with van der Waals surface area (Å²) in [5, 5.41) is 0. The van der Waals surface area contributed by atoms with Crippen molar-refractivity contribution in [3.8, 4) is 0 Å². The Kier molecular flexibility index (Phi) is 9.26. The Bertz CT molecular complexity index is 1860. The van der Waals surface area contributed by atoms with E-state index in [2.05, 4.69) is 55.5 Å². The van der Waals surface area contributed by atoms with E-state index in [-0.39, 0.29) is 16.8 Å². The zero-order valence-electron chi connectivity index (χ0n) is 24.8. The summed E-state index contributed by atoms with van der Waals surface area (Å²) in [6.45, 7) is 4.82. The van der Waals surface area contributed by atoms with E-state index in [0.29, 0.717) is 12.0 Å². The van der Waals surface area contributed by atoms with Crippen molar-refractivity contribution in [2.45, 2.75) is 58.1 Å². The van der Waals surface area contributed by atoms with Crippen molar-refractivity contribution in [3.63, 3.8) is 0 Å². The molecule has 0 bridgehead atoms. The minimum absolute atomic E-state index is 0.0602. The first-order chi connectivity index (χ1) is 21.3. The van der Waals surface area contributed by atoms with Crippen LogP contribution in [0.4, 0.5) is 17.6 Å². The zero-order valence-corrected chi connectivity index (χ0v) is 26.4. The Morgan fingerprint density at radius 3 is 1.67 bits per heavy atom. The summed E-state index contributed by atoms with van der Waals surface area (Å²) >= 11 is 0. The van der Waals surface area contributed by atoms with Gasteiger partial charge < -0.3 is 0 Å². The van der Waals surface area contributed by atoms with E-state index in [1.807, 2.05) is 36.4 Å². The largest absolute Gasteiger partial charge is 0.300 e. The fourth-order valence-corrected chi connectivity index (χ4v) is 8.34. The van der Waals surface area contributed by atoms with E-state index in [1.165, 1.54) is 28.5 Å². The standard InChI is InChI=1S/C36H30F4O3S2/c1-23(21-24-11-10-16-29(22-24)44(27-12-6-4-7-13-27)28-14-8-5-9-15-28)25-17-19-26(20-18-25)36(2,3)30-31(37)33(39)35(45(41,42)43)34(40)32(30)38/h4-20,22-23H,21H2,1-3H3/p+1. The molecule has 45 heavy (non-hydrogen) atoms. The normalized spacial score (nSPS) is 12.8. The van der Waals surface area contributed by atoms with Crippen LogP contribution < -0.4 is 0 Å². The summed E-state index contributed by atoms with van der Waals surface area (Å²) in [5.74, 6) is -8.04. The molecule has 232 valence electrons. The Morgan fingerprint density at radius 2 is 1.18 bits per heavy atom. The molecule has 0 aromatic heterocycles. The fraction of sp³-hybridized carbons (Fsp3) is 0.167. The third kappa shape index (κ3) is 6.57. The minimum Gasteiger partial charge on any atom is -0.282 e. The minimum atomic E-state index is -5.54. The van der Waals surface area contributed by atoms with E-state index in [9.17, 15) is 17.2 Å². The topological polar surface area (TPSA) is 54.4 Å². The SMILES string of the molecule is CC(Cc1cccc([S+](c2ccccc2)c2ccccc2)c1)c1ccc(C(C)(C)c2c(F)c(F)c(S(=O)(=O)O)c(F)c2F)cc1. The van der Waals surface area contributed by atoms with Crippen LogP contribution in [-0.2, 0) is 32.8 Å². The van der Waals surface area contributed by atoms with Gasteiger partial charge in [-0.15, -0.1) is 0 Å². The predicted molar refractivity (Wildman–Crippen MR) is 168 cm³/mol. The van der Waals surface area contributed by atoms with Crippen LogP contribution in [0.2, 0.25) is 0 Å². The Balaban J connectivity index is 1.42. The lowest BCUT2D eigenvalue weighted by molar-refractivity contribution is 0.378. The first-order valence-corrected chi connectivity index (χ1v) is 16.8. The van der Waals surface area contributed by atoms with Gasteiger partial charge >= 0.3 is 10.1 Å². The van der Waals surface area contributed by atoms with Crippen molar-refractivity contribution in [3.05, 3.63) is 155 Å². The van der Waals surface area contributed by atoms with Crippen LogP contribution in [0.1, 0.15) is 48.9 Å². The average Bonchev–Trinajstić information content (AvgIpc) is 3.01. The van der Waals surface area contributed by atoms with Crippen molar-refractivity contribution in [2.24, 2.45) is 0 Å². The van der Waals surface area contributed by atoms with Gasteiger partial charge in [0.25, 0.3) is 0 Å². The molecule has 3 nitrogen and oxygen atoms in total. The number of benzene rings is 5.